The highest BCUT2D eigenvalue weighted by molar-refractivity contribution is 7.89. The van der Waals surface area contributed by atoms with E-state index in [-0.39, 0.29) is 28.3 Å². The van der Waals surface area contributed by atoms with Crippen LogP contribution in [-0.2, 0) is 15.4 Å². The molecule has 2 N–H and O–H groups in total. The standard InChI is InChI=1S/C22H28N2O3S/c1-16(15-22(2,3)18-9-5-4-6-10-18)23-21(25)17-8-7-11-20(14-17)28(26,27)24-19-12-13-19/h4-11,14,16,19,24H,12-13,15H2,1-3H3,(H,23,25). The number of benzene rings is 2. The largest absolute Gasteiger partial charge is 0.350 e. The van der Waals surface area contributed by atoms with Gasteiger partial charge in [-0.3, -0.25) is 4.79 Å². The molecular formula is C22H28N2O3S. The highest BCUT2D eigenvalue weighted by Gasteiger charge is 2.28. The third kappa shape index (κ3) is 5.20. The maximum Gasteiger partial charge on any atom is 0.251 e. The summed E-state index contributed by atoms with van der Waals surface area (Å²) >= 11 is 0. The molecule has 1 atom stereocenters. The Morgan fingerprint density at radius 1 is 1.11 bits per heavy atom. The molecule has 5 nitrogen and oxygen atoms in total. The van der Waals surface area contributed by atoms with Crippen LogP contribution in [0.2, 0.25) is 0 Å². The normalized spacial score (nSPS) is 15.8. The summed E-state index contributed by atoms with van der Waals surface area (Å²) in [5.41, 5.74) is 1.48. The first-order chi connectivity index (χ1) is 13.2. The Labute approximate surface area is 167 Å². The Hall–Kier alpha value is -2.18. The molecule has 0 heterocycles. The lowest BCUT2D eigenvalue weighted by molar-refractivity contribution is 0.0934. The quantitative estimate of drug-likeness (QED) is 0.711. The van der Waals surface area contributed by atoms with E-state index in [2.05, 4.69) is 36.0 Å². The first kappa shape index (κ1) is 20.6. The van der Waals surface area contributed by atoms with Crippen molar-refractivity contribution in [2.75, 3.05) is 0 Å². The van der Waals surface area contributed by atoms with Crippen molar-refractivity contribution in [3.8, 4) is 0 Å². The van der Waals surface area contributed by atoms with Gasteiger partial charge < -0.3 is 5.32 Å². The van der Waals surface area contributed by atoms with E-state index in [0.717, 1.165) is 19.3 Å². The Balaban J connectivity index is 1.66. The molecule has 1 aliphatic rings. The van der Waals surface area contributed by atoms with Crippen LogP contribution >= 0.6 is 0 Å². The number of amides is 1. The summed E-state index contributed by atoms with van der Waals surface area (Å²) in [6, 6.07) is 16.4. The summed E-state index contributed by atoms with van der Waals surface area (Å²) in [6.07, 6.45) is 2.51. The topological polar surface area (TPSA) is 75.3 Å². The smallest absolute Gasteiger partial charge is 0.251 e. The second kappa shape index (κ2) is 8.05. The van der Waals surface area contributed by atoms with Crippen molar-refractivity contribution in [2.24, 2.45) is 0 Å². The van der Waals surface area contributed by atoms with Crippen molar-refractivity contribution in [1.82, 2.24) is 10.0 Å². The number of rotatable bonds is 8. The van der Waals surface area contributed by atoms with Crippen LogP contribution in [0.1, 0.15) is 56.0 Å². The Bertz CT molecular complexity index is 935. The Morgan fingerprint density at radius 3 is 2.43 bits per heavy atom. The summed E-state index contributed by atoms with van der Waals surface area (Å²) in [5, 5.41) is 3.00. The summed E-state index contributed by atoms with van der Waals surface area (Å²) in [7, 11) is -3.58. The maximum atomic E-state index is 12.7. The minimum absolute atomic E-state index is 0.0303. The second-order valence-electron chi connectivity index (χ2n) is 8.25. The van der Waals surface area contributed by atoms with Crippen molar-refractivity contribution in [1.29, 1.82) is 0 Å². The number of carbonyl (C=O) groups excluding carboxylic acids is 1. The predicted molar refractivity (Wildman–Crippen MR) is 111 cm³/mol. The van der Waals surface area contributed by atoms with Gasteiger partial charge in [0.1, 0.15) is 0 Å². The molecule has 1 saturated carbocycles. The molecule has 3 rings (SSSR count). The van der Waals surface area contributed by atoms with Gasteiger partial charge >= 0.3 is 0 Å². The van der Waals surface area contributed by atoms with E-state index in [1.54, 1.807) is 12.1 Å². The molecule has 1 fully saturated rings. The van der Waals surface area contributed by atoms with Crippen molar-refractivity contribution in [3.05, 3.63) is 65.7 Å². The van der Waals surface area contributed by atoms with Crippen LogP contribution in [0, 0.1) is 0 Å². The number of nitrogens with one attached hydrogen (secondary N) is 2. The lowest BCUT2D eigenvalue weighted by atomic mass is 9.79. The molecule has 2 aromatic rings. The van der Waals surface area contributed by atoms with Crippen LogP contribution in [-0.4, -0.2) is 26.4 Å². The zero-order chi connectivity index (χ0) is 20.4. The number of sulfonamides is 1. The second-order valence-corrected chi connectivity index (χ2v) is 9.97. The minimum Gasteiger partial charge on any atom is -0.350 e. The van der Waals surface area contributed by atoms with Gasteiger partial charge in [0, 0.05) is 17.6 Å². The van der Waals surface area contributed by atoms with Gasteiger partial charge in [-0.05, 0) is 55.4 Å². The van der Waals surface area contributed by atoms with Gasteiger partial charge in [-0.15, -0.1) is 0 Å². The van der Waals surface area contributed by atoms with Gasteiger partial charge in [-0.1, -0.05) is 50.2 Å². The lowest BCUT2D eigenvalue weighted by Gasteiger charge is -2.29. The zero-order valence-electron chi connectivity index (χ0n) is 16.6. The zero-order valence-corrected chi connectivity index (χ0v) is 17.4. The fraction of sp³-hybridized carbons (Fsp3) is 0.409. The van der Waals surface area contributed by atoms with E-state index in [0.29, 0.717) is 5.56 Å². The fourth-order valence-corrected chi connectivity index (χ4v) is 4.77. The van der Waals surface area contributed by atoms with Crippen LogP contribution in [0.4, 0.5) is 0 Å². The molecule has 0 bridgehead atoms. The summed E-state index contributed by atoms with van der Waals surface area (Å²) < 4.78 is 27.4. The van der Waals surface area contributed by atoms with Crippen molar-refractivity contribution in [3.63, 3.8) is 0 Å². The van der Waals surface area contributed by atoms with E-state index >= 15 is 0 Å². The SMILES string of the molecule is CC(CC(C)(C)c1ccccc1)NC(=O)c1cccc(S(=O)(=O)NC2CC2)c1. The van der Waals surface area contributed by atoms with Gasteiger partial charge in [0.15, 0.2) is 0 Å². The van der Waals surface area contributed by atoms with E-state index in [1.165, 1.54) is 17.7 Å². The molecule has 0 saturated heterocycles. The molecule has 1 unspecified atom stereocenters. The van der Waals surface area contributed by atoms with Crippen LogP contribution < -0.4 is 10.0 Å². The average molecular weight is 401 g/mol. The van der Waals surface area contributed by atoms with Crippen LogP contribution in [0.25, 0.3) is 0 Å². The first-order valence-electron chi connectivity index (χ1n) is 9.66. The van der Waals surface area contributed by atoms with E-state index < -0.39 is 10.0 Å². The first-order valence-corrected chi connectivity index (χ1v) is 11.1. The van der Waals surface area contributed by atoms with Crippen molar-refractivity contribution in [2.45, 2.75) is 62.4 Å². The third-order valence-electron chi connectivity index (χ3n) is 5.05. The van der Waals surface area contributed by atoms with Gasteiger partial charge in [0.25, 0.3) is 5.91 Å². The molecule has 0 spiro atoms. The molecular weight excluding hydrogens is 372 g/mol. The Kier molecular flexibility index (Phi) is 5.91. The third-order valence-corrected chi connectivity index (χ3v) is 6.57. The van der Waals surface area contributed by atoms with Gasteiger partial charge in [0.2, 0.25) is 10.0 Å². The molecule has 1 amide bonds. The van der Waals surface area contributed by atoms with Crippen molar-refractivity contribution < 1.29 is 13.2 Å². The Morgan fingerprint density at radius 2 is 1.79 bits per heavy atom. The molecule has 2 aromatic carbocycles. The number of hydrogen-bond donors (Lipinski definition) is 2. The molecule has 28 heavy (non-hydrogen) atoms. The highest BCUT2D eigenvalue weighted by atomic mass is 32.2. The monoisotopic (exact) mass is 400 g/mol. The van der Waals surface area contributed by atoms with E-state index in [4.69, 9.17) is 0 Å². The summed E-state index contributed by atoms with van der Waals surface area (Å²) in [5.74, 6) is -0.264. The summed E-state index contributed by atoms with van der Waals surface area (Å²) in [6.45, 7) is 6.28. The molecule has 0 aromatic heterocycles. The summed E-state index contributed by atoms with van der Waals surface area (Å²) in [4.78, 5) is 12.8. The maximum absolute atomic E-state index is 12.7. The average Bonchev–Trinajstić information content (AvgIpc) is 3.45. The van der Waals surface area contributed by atoms with E-state index in [9.17, 15) is 13.2 Å². The number of carbonyl (C=O) groups is 1. The lowest BCUT2D eigenvalue weighted by Crippen LogP contribution is -2.37. The molecule has 0 radical (unpaired) electrons. The molecule has 6 heteroatoms. The molecule has 0 aliphatic heterocycles. The van der Waals surface area contributed by atoms with Gasteiger partial charge in [0.05, 0.1) is 4.90 Å². The van der Waals surface area contributed by atoms with Crippen LogP contribution in [0.3, 0.4) is 0 Å². The molecule has 1 aliphatic carbocycles. The fourth-order valence-electron chi connectivity index (χ4n) is 3.42. The van der Waals surface area contributed by atoms with Gasteiger partial charge in [-0.2, -0.15) is 0 Å². The highest BCUT2D eigenvalue weighted by Crippen LogP contribution is 2.28. The van der Waals surface area contributed by atoms with Crippen molar-refractivity contribution >= 4 is 15.9 Å². The van der Waals surface area contributed by atoms with Gasteiger partial charge in [-0.25, -0.2) is 13.1 Å². The number of hydrogen-bond acceptors (Lipinski definition) is 3. The van der Waals surface area contributed by atoms with E-state index in [1.807, 2.05) is 25.1 Å². The minimum atomic E-state index is -3.58. The van der Waals surface area contributed by atoms with Crippen LogP contribution in [0.5, 0.6) is 0 Å². The predicted octanol–water partition coefficient (Wildman–Crippen LogP) is 3.61. The van der Waals surface area contributed by atoms with Crippen LogP contribution in [0.15, 0.2) is 59.5 Å². The molecule has 150 valence electrons.